The number of rotatable bonds is 14. The summed E-state index contributed by atoms with van der Waals surface area (Å²) in [6.07, 6.45) is 1.85. The van der Waals surface area contributed by atoms with Gasteiger partial charge < -0.3 is 24.4 Å². The molecule has 3 aliphatic rings. The third-order valence-corrected chi connectivity index (χ3v) is 12.2. The van der Waals surface area contributed by atoms with Gasteiger partial charge in [0.2, 0.25) is 11.8 Å². The van der Waals surface area contributed by atoms with E-state index in [-0.39, 0.29) is 59.8 Å². The molecule has 1 aliphatic carbocycles. The Bertz CT molecular complexity index is 2300. The maximum absolute atomic E-state index is 13.5. The van der Waals surface area contributed by atoms with Crippen LogP contribution in [0.1, 0.15) is 68.2 Å². The van der Waals surface area contributed by atoms with E-state index in [9.17, 15) is 24.4 Å². The number of hydrogen-bond donors (Lipinski definition) is 2. The summed E-state index contributed by atoms with van der Waals surface area (Å²) in [5, 5.41) is 16.4. The Morgan fingerprint density at radius 3 is 2.41 bits per heavy atom. The van der Waals surface area contributed by atoms with Crippen molar-refractivity contribution >= 4 is 45.9 Å². The number of anilines is 1. The number of piperidine rings is 1. The predicted molar refractivity (Wildman–Crippen MR) is 222 cm³/mol. The molecule has 4 heterocycles. The van der Waals surface area contributed by atoms with Crippen LogP contribution in [-0.2, 0) is 25.7 Å². The fraction of sp³-hybridized carbons (Fsp3) is 0.455. The molecule has 14 nitrogen and oxygen atoms in total. The van der Waals surface area contributed by atoms with E-state index in [1.807, 2.05) is 30.3 Å². The molecule has 2 saturated heterocycles. The van der Waals surface area contributed by atoms with E-state index in [1.54, 1.807) is 36.5 Å². The van der Waals surface area contributed by atoms with Gasteiger partial charge in [-0.2, -0.15) is 5.26 Å². The Morgan fingerprint density at radius 2 is 1.71 bits per heavy atom. The Kier molecular flexibility index (Phi) is 12.4. The molecule has 1 atom stereocenters. The summed E-state index contributed by atoms with van der Waals surface area (Å²) >= 11 is 6.24. The van der Waals surface area contributed by atoms with Gasteiger partial charge in [-0.25, -0.2) is 4.98 Å². The van der Waals surface area contributed by atoms with Crippen molar-refractivity contribution in [3.8, 4) is 11.8 Å². The monoisotopic (exact) mass is 823 g/mol. The van der Waals surface area contributed by atoms with Crippen molar-refractivity contribution in [1.82, 2.24) is 25.1 Å². The maximum atomic E-state index is 13.5. The number of benzene rings is 2. The van der Waals surface area contributed by atoms with Gasteiger partial charge in [-0.3, -0.25) is 34.0 Å². The first-order chi connectivity index (χ1) is 28.3. The topological polar surface area (TPSA) is 168 Å². The zero-order valence-corrected chi connectivity index (χ0v) is 34.6. The highest BCUT2D eigenvalue weighted by Crippen LogP contribution is 2.55. The van der Waals surface area contributed by atoms with Crippen LogP contribution in [0.5, 0.6) is 5.75 Å². The average molecular weight is 824 g/mol. The summed E-state index contributed by atoms with van der Waals surface area (Å²) in [5.41, 5.74) is 0.419. The van der Waals surface area contributed by atoms with Crippen LogP contribution < -0.4 is 25.8 Å². The summed E-state index contributed by atoms with van der Waals surface area (Å²) < 4.78 is 19.6. The van der Waals surface area contributed by atoms with Crippen LogP contribution in [0.3, 0.4) is 0 Å². The molecule has 4 aromatic rings. The number of ether oxygens (including phenoxy) is 3. The van der Waals surface area contributed by atoms with Gasteiger partial charge in [0, 0.05) is 79.4 Å². The number of carbonyl (C=O) groups is 3. The van der Waals surface area contributed by atoms with Gasteiger partial charge in [0.05, 0.1) is 42.6 Å². The lowest BCUT2D eigenvalue weighted by molar-refractivity contribution is -0.164. The number of halogens is 1. The summed E-state index contributed by atoms with van der Waals surface area (Å²) in [6, 6.07) is 19.0. The van der Waals surface area contributed by atoms with Crippen molar-refractivity contribution in [2.24, 2.45) is 10.8 Å². The summed E-state index contributed by atoms with van der Waals surface area (Å²) in [7, 11) is 0. The van der Waals surface area contributed by atoms with Crippen molar-refractivity contribution in [1.29, 1.82) is 5.26 Å². The third kappa shape index (κ3) is 8.84. The number of piperazine rings is 1. The van der Waals surface area contributed by atoms with Crippen LogP contribution in [0, 0.1) is 22.2 Å². The van der Waals surface area contributed by atoms with Gasteiger partial charge in [0.15, 0.2) is 0 Å². The quantitative estimate of drug-likeness (QED) is 0.132. The lowest BCUT2D eigenvalue weighted by Crippen LogP contribution is -2.74. The molecule has 3 fully saturated rings. The van der Waals surface area contributed by atoms with E-state index in [0.29, 0.717) is 52.8 Å². The number of pyridine rings is 2. The lowest BCUT2D eigenvalue weighted by Gasteiger charge is -2.63. The summed E-state index contributed by atoms with van der Waals surface area (Å²) in [6.45, 7) is 13.7. The molecule has 59 heavy (non-hydrogen) atoms. The highest BCUT2D eigenvalue weighted by molar-refractivity contribution is 6.31. The van der Waals surface area contributed by atoms with Crippen molar-refractivity contribution in [3.05, 3.63) is 99.1 Å². The molecule has 2 aromatic carbocycles. The summed E-state index contributed by atoms with van der Waals surface area (Å²) in [4.78, 5) is 60.5. The fourth-order valence-electron chi connectivity index (χ4n) is 9.02. The predicted octanol–water partition coefficient (Wildman–Crippen LogP) is 4.87. The second-order valence-corrected chi connectivity index (χ2v) is 17.0. The van der Waals surface area contributed by atoms with Gasteiger partial charge in [-0.05, 0) is 48.2 Å². The molecular formula is C44H50ClN7O7. The second kappa shape index (κ2) is 17.5. The Balaban J connectivity index is 0.827. The van der Waals surface area contributed by atoms with Gasteiger partial charge in [0.1, 0.15) is 29.8 Å². The van der Waals surface area contributed by atoms with E-state index in [0.717, 1.165) is 43.9 Å². The minimum absolute atomic E-state index is 0.119. The molecule has 7 rings (SSSR count). The maximum Gasteiger partial charge on any atom is 0.259 e. The third-order valence-electron chi connectivity index (χ3n) is 11.9. The van der Waals surface area contributed by atoms with Crippen LogP contribution in [0.15, 0.2) is 71.7 Å². The lowest BCUT2D eigenvalue weighted by atomic mass is 9.49. The number of carbonyl (C=O) groups excluding carboxylic acids is 3. The average Bonchev–Trinajstić information content (AvgIpc) is 3.22. The van der Waals surface area contributed by atoms with Crippen molar-refractivity contribution < 1.29 is 28.6 Å². The zero-order valence-electron chi connectivity index (χ0n) is 33.8. The van der Waals surface area contributed by atoms with E-state index in [1.165, 1.54) is 4.57 Å². The van der Waals surface area contributed by atoms with Gasteiger partial charge in [-0.15, -0.1) is 0 Å². The van der Waals surface area contributed by atoms with E-state index >= 15 is 0 Å². The molecule has 2 N–H and O–H groups in total. The van der Waals surface area contributed by atoms with Gasteiger partial charge in [-0.1, -0.05) is 57.5 Å². The van der Waals surface area contributed by atoms with Crippen LogP contribution in [-0.4, -0.2) is 96.9 Å². The van der Waals surface area contributed by atoms with E-state index < -0.39 is 11.9 Å². The van der Waals surface area contributed by atoms with E-state index in [2.05, 4.69) is 59.2 Å². The first kappa shape index (κ1) is 41.8. The Labute approximate surface area is 348 Å². The zero-order chi connectivity index (χ0) is 41.9. The normalized spacial score (nSPS) is 21.4. The number of fused-ring (bicyclic) bond motifs is 1. The molecular weight excluding hydrogens is 774 g/mol. The molecule has 1 saturated carbocycles. The standard InChI is InChI=1S/C44H50ClN7O7/c1-43(2)41(44(3,4)42(43)59-32-11-9-29(25-46)34(45)24-32)49-38(54)30-10-13-36(47-26-30)51-17-15-50(16-18-51)19-20-57-21-22-58-27-31-23-28-7-5-6-8-33(28)40(56)52(31)35-12-14-37(53)48-39(35)55/h5-11,13,23-24,26,35,41-42H,12,14-22,27H2,1-4H3,(H,49,54)(H,48,53,55)/t35?,41-,42-. The van der Waals surface area contributed by atoms with Gasteiger partial charge in [0.25, 0.3) is 11.5 Å². The number of amides is 3. The highest BCUT2D eigenvalue weighted by atomic mass is 35.5. The van der Waals surface area contributed by atoms with Crippen LogP contribution in [0.2, 0.25) is 5.02 Å². The minimum Gasteiger partial charge on any atom is -0.489 e. The summed E-state index contributed by atoms with van der Waals surface area (Å²) in [5.74, 6) is 0.401. The second-order valence-electron chi connectivity index (χ2n) is 16.6. The molecule has 3 amide bonds. The van der Waals surface area contributed by atoms with Gasteiger partial charge >= 0.3 is 0 Å². The first-order valence-corrected chi connectivity index (χ1v) is 20.4. The van der Waals surface area contributed by atoms with E-state index in [4.69, 9.17) is 25.8 Å². The van der Waals surface area contributed by atoms with Crippen molar-refractivity contribution in [3.63, 3.8) is 0 Å². The van der Waals surface area contributed by atoms with Crippen LogP contribution in [0.4, 0.5) is 5.82 Å². The minimum atomic E-state index is -0.778. The number of nitriles is 1. The molecule has 0 radical (unpaired) electrons. The molecule has 1 unspecified atom stereocenters. The molecule has 0 bridgehead atoms. The number of nitrogens with one attached hydrogen (secondary N) is 2. The molecule has 15 heteroatoms. The number of aromatic nitrogens is 2. The van der Waals surface area contributed by atoms with Crippen LogP contribution >= 0.6 is 11.6 Å². The van der Waals surface area contributed by atoms with Crippen molar-refractivity contribution in [2.45, 2.75) is 65.3 Å². The first-order valence-electron chi connectivity index (χ1n) is 20.0. The molecule has 310 valence electrons. The molecule has 2 aliphatic heterocycles. The Hall–Kier alpha value is -5.33. The number of imide groups is 1. The highest BCUT2D eigenvalue weighted by Gasteiger charge is 2.64. The molecule has 2 aromatic heterocycles. The Morgan fingerprint density at radius 1 is 0.966 bits per heavy atom. The SMILES string of the molecule is CC1(C)[C@H](NC(=O)c2ccc(N3CCN(CCOCCOCc4cc5ccccc5c(=O)n4C4CCC(=O)NC4=O)CC3)nc2)C(C)(C)[C@H]1Oc1ccc(C#N)c(Cl)c1. The largest absolute Gasteiger partial charge is 0.489 e. The molecule has 0 spiro atoms. The fourth-order valence-corrected chi connectivity index (χ4v) is 9.23. The number of nitrogens with zero attached hydrogens (tertiary/aromatic N) is 5. The van der Waals surface area contributed by atoms with Crippen LogP contribution in [0.25, 0.3) is 10.8 Å². The van der Waals surface area contributed by atoms with Crippen molar-refractivity contribution in [2.75, 3.05) is 57.4 Å². The smallest absolute Gasteiger partial charge is 0.259 e. The number of hydrogen-bond acceptors (Lipinski definition) is 11.